The first-order valence-corrected chi connectivity index (χ1v) is 10.3. The third-order valence-corrected chi connectivity index (χ3v) is 5.57. The molecule has 2 aromatic rings. The predicted octanol–water partition coefficient (Wildman–Crippen LogP) is 1.18. The van der Waals surface area contributed by atoms with Crippen LogP contribution in [0.15, 0.2) is 47.1 Å². The van der Waals surface area contributed by atoms with Crippen LogP contribution in [0.3, 0.4) is 0 Å². The lowest BCUT2D eigenvalue weighted by atomic mass is 10.2. The number of hydrogen-bond donors (Lipinski definition) is 1. The zero-order chi connectivity index (χ0) is 20.0. The second-order valence-electron chi connectivity index (χ2n) is 6.93. The maximum absolute atomic E-state index is 12.7. The van der Waals surface area contributed by atoms with Gasteiger partial charge in [-0.25, -0.2) is 0 Å². The van der Waals surface area contributed by atoms with Crippen molar-refractivity contribution in [3.8, 4) is 5.75 Å². The lowest BCUT2D eigenvalue weighted by molar-refractivity contribution is -0.857. The molecule has 1 heterocycles. The minimum Gasteiger partial charge on any atom is -0.459 e. The number of quaternary nitrogens is 1. The number of benzene rings is 1. The summed E-state index contributed by atoms with van der Waals surface area (Å²) in [5.74, 6) is 0.379. The predicted molar refractivity (Wildman–Crippen MR) is 102 cm³/mol. The zero-order valence-electron chi connectivity index (χ0n) is 16.1. The quantitative estimate of drug-likeness (QED) is 0.645. The molecule has 1 amide bonds. The van der Waals surface area contributed by atoms with Crippen LogP contribution < -0.4 is 9.08 Å². The molecule has 2 rings (SSSR count). The highest BCUT2D eigenvalue weighted by Gasteiger charge is 2.20. The van der Waals surface area contributed by atoms with Crippen molar-refractivity contribution in [1.29, 1.82) is 0 Å². The molecular formula is C19H27N2O5S+. The molecule has 0 spiro atoms. The Bertz CT molecular complexity index is 827. The van der Waals surface area contributed by atoms with Crippen molar-refractivity contribution in [2.24, 2.45) is 0 Å². The summed E-state index contributed by atoms with van der Waals surface area (Å²) >= 11 is 0. The molecule has 1 N–H and O–H groups in total. The first kappa shape index (κ1) is 21.0. The van der Waals surface area contributed by atoms with E-state index < -0.39 is 15.4 Å². The van der Waals surface area contributed by atoms with Crippen molar-refractivity contribution < 1.29 is 26.7 Å². The van der Waals surface area contributed by atoms with Crippen LogP contribution in [0.2, 0.25) is 0 Å². The minimum absolute atomic E-state index is 0.177. The molecule has 0 radical (unpaired) electrons. The Morgan fingerprint density at radius 2 is 1.85 bits per heavy atom. The summed E-state index contributed by atoms with van der Waals surface area (Å²) in [6.45, 7) is 4.88. The van der Waals surface area contributed by atoms with E-state index in [1.54, 1.807) is 55.1 Å². The van der Waals surface area contributed by atoms with Crippen LogP contribution in [-0.2, 0) is 16.7 Å². The van der Waals surface area contributed by atoms with Gasteiger partial charge >= 0.3 is 10.1 Å². The van der Waals surface area contributed by atoms with Crippen LogP contribution in [0.1, 0.15) is 30.0 Å². The molecule has 0 saturated carbocycles. The third-order valence-electron chi connectivity index (χ3n) is 3.99. The highest BCUT2D eigenvalue weighted by Crippen LogP contribution is 2.18. The standard InChI is InChI=1S/C19H26N2O5S/c1-15(2)27(23,24)26-17-9-7-16(8-10-17)14-21(12-11-20(3)4)19(22)18-6-5-13-25-18/h5-10,13,15H,11-12,14H2,1-4H3/p+1. The highest BCUT2D eigenvalue weighted by atomic mass is 32.2. The van der Waals surface area contributed by atoms with E-state index in [1.807, 2.05) is 14.1 Å². The van der Waals surface area contributed by atoms with E-state index in [0.717, 1.165) is 12.1 Å². The average molecular weight is 396 g/mol. The van der Waals surface area contributed by atoms with Crippen LogP contribution >= 0.6 is 0 Å². The fourth-order valence-electron chi connectivity index (χ4n) is 2.27. The molecule has 7 nitrogen and oxygen atoms in total. The summed E-state index contributed by atoms with van der Waals surface area (Å²) in [4.78, 5) is 15.6. The van der Waals surface area contributed by atoms with Crippen molar-refractivity contribution in [2.45, 2.75) is 25.6 Å². The number of carbonyl (C=O) groups is 1. The SMILES string of the molecule is CC(C)S(=O)(=O)Oc1ccc(CN(CC[NH+](C)C)C(=O)c2ccco2)cc1. The number of likely N-dealkylation sites (N-methyl/N-ethyl adjacent to an activating group) is 1. The largest absolute Gasteiger partial charge is 0.459 e. The molecular weight excluding hydrogens is 368 g/mol. The van der Waals surface area contributed by atoms with E-state index in [0.29, 0.717) is 18.8 Å². The Balaban J connectivity index is 2.11. The number of nitrogens with zero attached hydrogens (tertiary/aromatic N) is 1. The van der Waals surface area contributed by atoms with E-state index in [-0.39, 0.29) is 11.7 Å². The van der Waals surface area contributed by atoms with Gasteiger partial charge in [-0.3, -0.25) is 4.79 Å². The number of rotatable bonds is 9. The zero-order valence-corrected chi connectivity index (χ0v) is 17.0. The van der Waals surface area contributed by atoms with E-state index >= 15 is 0 Å². The Labute approximate surface area is 160 Å². The van der Waals surface area contributed by atoms with Gasteiger partial charge in [0.1, 0.15) is 5.75 Å². The summed E-state index contributed by atoms with van der Waals surface area (Å²) in [7, 11) is 0.421. The van der Waals surface area contributed by atoms with Crippen molar-refractivity contribution in [3.63, 3.8) is 0 Å². The lowest BCUT2D eigenvalue weighted by Gasteiger charge is -2.22. The molecule has 0 aliphatic rings. The van der Waals surface area contributed by atoms with E-state index in [1.165, 1.54) is 11.2 Å². The third kappa shape index (κ3) is 6.11. The molecule has 1 aromatic heterocycles. The monoisotopic (exact) mass is 395 g/mol. The molecule has 0 atom stereocenters. The van der Waals surface area contributed by atoms with Gasteiger partial charge in [0.15, 0.2) is 5.76 Å². The topological polar surface area (TPSA) is 81.3 Å². The molecule has 0 fully saturated rings. The number of hydrogen-bond acceptors (Lipinski definition) is 5. The maximum atomic E-state index is 12.7. The molecule has 148 valence electrons. The van der Waals surface area contributed by atoms with Gasteiger partial charge in [0.05, 0.1) is 38.7 Å². The Morgan fingerprint density at radius 1 is 1.19 bits per heavy atom. The van der Waals surface area contributed by atoms with Crippen LogP contribution in [0.25, 0.3) is 0 Å². The molecule has 27 heavy (non-hydrogen) atoms. The van der Waals surface area contributed by atoms with Crippen molar-refractivity contribution in [1.82, 2.24) is 4.90 Å². The van der Waals surface area contributed by atoms with Gasteiger partial charge in [-0.15, -0.1) is 0 Å². The minimum atomic E-state index is -3.63. The summed E-state index contributed by atoms with van der Waals surface area (Å²) in [5, 5.41) is -0.618. The smallest absolute Gasteiger partial charge is 0.311 e. The number of nitrogens with one attached hydrogen (secondary N) is 1. The van der Waals surface area contributed by atoms with E-state index in [2.05, 4.69) is 0 Å². The van der Waals surface area contributed by atoms with Gasteiger partial charge in [-0.2, -0.15) is 8.42 Å². The van der Waals surface area contributed by atoms with Gasteiger partial charge < -0.3 is 18.4 Å². The molecule has 8 heteroatoms. The second kappa shape index (κ2) is 9.05. The summed E-state index contributed by atoms with van der Waals surface area (Å²) in [6, 6.07) is 10.0. The van der Waals surface area contributed by atoms with E-state index in [4.69, 9.17) is 8.60 Å². The molecule has 0 bridgehead atoms. The molecule has 0 saturated heterocycles. The second-order valence-corrected chi connectivity index (χ2v) is 9.03. The van der Waals surface area contributed by atoms with Gasteiger partial charge in [0, 0.05) is 6.54 Å². The van der Waals surface area contributed by atoms with Gasteiger partial charge in [0.2, 0.25) is 0 Å². The first-order valence-electron chi connectivity index (χ1n) is 8.83. The van der Waals surface area contributed by atoms with Crippen LogP contribution in [0, 0.1) is 0 Å². The maximum Gasteiger partial charge on any atom is 0.311 e. The normalized spacial score (nSPS) is 11.8. The van der Waals surface area contributed by atoms with Crippen LogP contribution in [0.5, 0.6) is 5.75 Å². The highest BCUT2D eigenvalue weighted by molar-refractivity contribution is 7.87. The summed E-state index contributed by atoms with van der Waals surface area (Å²) in [6.07, 6.45) is 1.48. The Morgan fingerprint density at radius 3 is 2.37 bits per heavy atom. The van der Waals surface area contributed by atoms with Gasteiger partial charge in [-0.1, -0.05) is 12.1 Å². The molecule has 0 aliphatic carbocycles. The van der Waals surface area contributed by atoms with Gasteiger partial charge in [-0.05, 0) is 43.7 Å². The average Bonchev–Trinajstić information content (AvgIpc) is 3.13. The van der Waals surface area contributed by atoms with Crippen LogP contribution in [0.4, 0.5) is 0 Å². The fourth-order valence-corrected chi connectivity index (χ4v) is 2.84. The number of amides is 1. The van der Waals surface area contributed by atoms with Gasteiger partial charge in [0.25, 0.3) is 5.91 Å². The van der Waals surface area contributed by atoms with E-state index in [9.17, 15) is 13.2 Å². The van der Waals surface area contributed by atoms with Crippen LogP contribution in [-0.4, -0.2) is 51.7 Å². The lowest BCUT2D eigenvalue weighted by Crippen LogP contribution is -3.06. The summed E-state index contributed by atoms with van der Waals surface area (Å²) in [5.41, 5.74) is 0.873. The molecule has 0 unspecified atom stereocenters. The van der Waals surface area contributed by atoms with Crippen molar-refractivity contribution in [2.75, 3.05) is 27.2 Å². The van der Waals surface area contributed by atoms with Crippen molar-refractivity contribution in [3.05, 3.63) is 54.0 Å². The number of furan rings is 1. The van der Waals surface area contributed by atoms with Crippen molar-refractivity contribution >= 4 is 16.0 Å². The number of carbonyl (C=O) groups excluding carboxylic acids is 1. The first-order chi connectivity index (χ1) is 12.7. The molecule has 0 aliphatic heterocycles. The Kier molecular flexibility index (Phi) is 7.04. The molecule has 1 aromatic carbocycles. The Hall–Kier alpha value is -2.32. The fraction of sp³-hybridized carbons (Fsp3) is 0.421. The summed E-state index contributed by atoms with van der Waals surface area (Å²) < 4.78 is 34.0.